The van der Waals surface area contributed by atoms with Crippen LogP contribution >= 0.6 is 0 Å². The monoisotopic (exact) mass is 308 g/mol. The van der Waals surface area contributed by atoms with Crippen molar-refractivity contribution in [2.75, 3.05) is 30.0 Å². The minimum Gasteiger partial charge on any atom is -0.493 e. The molecular weight excluding hydrogens is 288 g/mol. The summed E-state index contributed by atoms with van der Waals surface area (Å²) < 4.78 is 17.1. The molecule has 3 rings (SSSR count). The van der Waals surface area contributed by atoms with E-state index in [0.29, 0.717) is 24.7 Å². The summed E-state index contributed by atoms with van der Waals surface area (Å²) in [4.78, 5) is 14.2. The van der Waals surface area contributed by atoms with Crippen molar-refractivity contribution < 1.29 is 13.7 Å². The van der Waals surface area contributed by atoms with Crippen LogP contribution in [0.15, 0.2) is 18.2 Å². The molecule has 1 N–H and O–H groups in total. The van der Waals surface area contributed by atoms with Gasteiger partial charge in [-0.2, -0.15) is 0 Å². The highest BCUT2D eigenvalue weighted by Gasteiger charge is 2.24. The second kappa shape index (κ2) is 6.05. The molecule has 0 saturated carbocycles. The zero-order valence-electron chi connectivity index (χ0n) is 12.1. The van der Waals surface area contributed by atoms with Crippen molar-refractivity contribution in [2.24, 2.45) is 0 Å². The van der Waals surface area contributed by atoms with Crippen molar-refractivity contribution in [3.63, 3.8) is 0 Å². The summed E-state index contributed by atoms with van der Waals surface area (Å²) in [6, 6.07) is 5.75. The van der Waals surface area contributed by atoms with E-state index in [1.807, 2.05) is 25.1 Å². The first kappa shape index (κ1) is 14.4. The Morgan fingerprint density at radius 1 is 1.43 bits per heavy atom. The molecule has 0 aliphatic carbocycles. The van der Waals surface area contributed by atoms with Crippen LogP contribution in [0.25, 0.3) is 0 Å². The number of hydrogen-bond donors (Lipinski definition) is 1. The zero-order valence-corrected chi connectivity index (χ0v) is 12.9. The second-order valence-electron chi connectivity index (χ2n) is 5.53. The topological polar surface area (TPSA) is 58.6 Å². The van der Waals surface area contributed by atoms with Crippen molar-refractivity contribution in [3.8, 4) is 5.75 Å². The first-order chi connectivity index (χ1) is 10.1. The van der Waals surface area contributed by atoms with Crippen molar-refractivity contribution in [3.05, 3.63) is 23.8 Å². The third-order valence-corrected chi connectivity index (χ3v) is 5.39. The van der Waals surface area contributed by atoms with E-state index in [2.05, 4.69) is 5.32 Å². The Hall–Kier alpha value is -1.56. The van der Waals surface area contributed by atoms with Gasteiger partial charge in [0.15, 0.2) is 0 Å². The van der Waals surface area contributed by atoms with Crippen molar-refractivity contribution in [2.45, 2.75) is 25.8 Å². The fourth-order valence-corrected chi connectivity index (χ4v) is 3.95. The van der Waals surface area contributed by atoms with Gasteiger partial charge in [-0.25, -0.2) is 4.79 Å². The highest BCUT2D eigenvalue weighted by Crippen LogP contribution is 2.28. The van der Waals surface area contributed by atoms with Crippen LogP contribution in [0.5, 0.6) is 5.75 Å². The lowest BCUT2D eigenvalue weighted by atomic mass is 10.1. The van der Waals surface area contributed by atoms with Gasteiger partial charge in [0.25, 0.3) is 0 Å². The zero-order chi connectivity index (χ0) is 14.8. The predicted octanol–water partition coefficient (Wildman–Crippen LogP) is 2.00. The second-order valence-corrected chi connectivity index (χ2v) is 7.23. The van der Waals surface area contributed by atoms with E-state index in [1.54, 1.807) is 4.90 Å². The lowest BCUT2D eigenvalue weighted by Gasteiger charge is -2.27. The maximum atomic E-state index is 12.4. The van der Waals surface area contributed by atoms with E-state index in [0.717, 1.165) is 29.8 Å². The average Bonchev–Trinajstić information content (AvgIpc) is 2.85. The fourth-order valence-electron chi connectivity index (χ4n) is 2.74. The largest absolute Gasteiger partial charge is 0.493 e. The summed E-state index contributed by atoms with van der Waals surface area (Å²) in [5.41, 5.74) is 1.93. The quantitative estimate of drug-likeness (QED) is 0.863. The fraction of sp³-hybridized carbons (Fsp3) is 0.533. The number of urea groups is 1. The molecule has 0 radical (unpaired) electrons. The Morgan fingerprint density at radius 3 is 3.14 bits per heavy atom. The predicted molar refractivity (Wildman–Crippen MR) is 83.3 cm³/mol. The third kappa shape index (κ3) is 3.20. The van der Waals surface area contributed by atoms with E-state index >= 15 is 0 Å². The Labute approximate surface area is 127 Å². The van der Waals surface area contributed by atoms with Gasteiger partial charge in [0, 0.05) is 47.0 Å². The van der Waals surface area contributed by atoms with Gasteiger partial charge in [0.1, 0.15) is 5.75 Å². The van der Waals surface area contributed by atoms with Crippen LogP contribution in [-0.4, -0.2) is 45.8 Å². The van der Waals surface area contributed by atoms with Crippen molar-refractivity contribution in [1.29, 1.82) is 0 Å². The van der Waals surface area contributed by atoms with Crippen LogP contribution in [0.3, 0.4) is 0 Å². The van der Waals surface area contributed by atoms with Crippen LogP contribution in [0.4, 0.5) is 10.5 Å². The molecule has 2 atom stereocenters. The Bertz CT molecular complexity index is 576. The lowest BCUT2D eigenvalue weighted by Crippen LogP contribution is -2.42. The van der Waals surface area contributed by atoms with E-state index in [1.165, 1.54) is 0 Å². The SMILES string of the molecule is CC1CCS(=O)CCN1C(=O)Nc1ccc2c(c1)CCO2. The molecule has 2 amide bonds. The number of rotatable bonds is 1. The molecule has 0 spiro atoms. The van der Waals surface area contributed by atoms with Crippen LogP contribution in [0.2, 0.25) is 0 Å². The van der Waals surface area contributed by atoms with Crippen LogP contribution in [0, 0.1) is 0 Å². The number of nitrogens with zero attached hydrogens (tertiary/aromatic N) is 1. The Kier molecular flexibility index (Phi) is 4.14. The molecule has 1 fully saturated rings. The number of carbonyl (C=O) groups is 1. The molecule has 21 heavy (non-hydrogen) atoms. The molecule has 2 aliphatic rings. The highest BCUT2D eigenvalue weighted by atomic mass is 32.2. The molecular formula is C15H20N2O3S. The van der Waals surface area contributed by atoms with Crippen LogP contribution in [-0.2, 0) is 17.2 Å². The normalized spacial score (nSPS) is 24.9. The van der Waals surface area contributed by atoms with Gasteiger partial charge in [-0.3, -0.25) is 4.21 Å². The number of nitrogens with one attached hydrogen (secondary N) is 1. The van der Waals surface area contributed by atoms with Gasteiger partial charge in [-0.1, -0.05) is 0 Å². The summed E-state index contributed by atoms with van der Waals surface area (Å²) in [6.45, 7) is 3.27. The van der Waals surface area contributed by atoms with Gasteiger partial charge in [-0.15, -0.1) is 0 Å². The number of hydrogen-bond acceptors (Lipinski definition) is 3. The van der Waals surface area contributed by atoms with Gasteiger partial charge < -0.3 is 15.0 Å². The Morgan fingerprint density at radius 2 is 2.29 bits per heavy atom. The maximum absolute atomic E-state index is 12.4. The van der Waals surface area contributed by atoms with E-state index < -0.39 is 10.8 Å². The first-order valence-corrected chi connectivity index (χ1v) is 8.80. The molecule has 2 unspecified atom stereocenters. The standard InChI is InChI=1S/C15H20N2O3S/c1-11-5-8-21(19)9-6-17(11)15(18)16-13-2-3-14-12(10-13)4-7-20-14/h2-3,10-11H,4-9H2,1H3,(H,16,18). The molecule has 0 bridgehead atoms. The van der Waals surface area contributed by atoms with Crippen LogP contribution in [0.1, 0.15) is 18.9 Å². The molecule has 5 nitrogen and oxygen atoms in total. The third-order valence-electron chi connectivity index (χ3n) is 4.06. The first-order valence-electron chi connectivity index (χ1n) is 7.32. The molecule has 114 valence electrons. The Balaban J connectivity index is 1.69. The van der Waals surface area contributed by atoms with Crippen molar-refractivity contribution in [1.82, 2.24) is 4.90 Å². The molecule has 2 heterocycles. The summed E-state index contributed by atoms with van der Waals surface area (Å²) in [7, 11) is -0.800. The average molecular weight is 308 g/mol. The van der Waals surface area contributed by atoms with Crippen molar-refractivity contribution >= 4 is 22.5 Å². The lowest BCUT2D eigenvalue weighted by molar-refractivity contribution is 0.197. The number of amides is 2. The van der Waals surface area contributed by atoms with Gasteiger partial charge in [0.05, 0.1) is 6.61 Å². The van der Waals surface area contributed by atoms with Gasteiger partial charge in [-0.05, 0) is 37.1 Å². The molecule has 0 aromatic heterocycles. The summed E-state index contributed by atoms with van der Waals surface area (Å²) in [5.74, 6) is 2.16. The smallest absolute Gasteiger partial charge is 0.322 e. The highest BCUT2D eigenvalue weighted by molar-refractivity contribution is 7.85. The van der Waals surface area contributed by atoms with Gasteiger partial charge >= 0.3 is 6.03 Å². The minimum absolute atomic E-state index is 0.111. The number of benzene rings is 1. The molecule has 1 aromatic carbocycles. The molecule has 1 aromatic rings. The van der Waals surface area contributed by atoms with Crippen LogP contribution < -0.4 is 10.1 Å². The molecule has 6 heteroatoms. The summed E-state index contributed by atoms with van der Waals surface area (Å²) in [5, 5.41) is 2.95. The number of fused-ring (bicyclic) bond motifs is 1. The molecule has 1 saturated heterocycles. The van der Waals surface area contributed by atoms with E-state index in [9.17, 15) is 9.00 Å². The van der Waals surface area contributed by atoms with E-state index in [4.69, 9.17) is 4.74 Å². The summed E-state index contributed by atoms with van der Waals surface area (Å²) >= 11 is 0. The number of ether oxygens (including phenoxy) is 1. The number of carbonyl (C=O) groups excluding carboxylic acids is 1. The minimum atomic E-state index is -0.800. The summed E-state index contributed by atoms with van der Waals surface area (Å²) in [6.07, 6.45) is 1.68. The maximum Gasteiger partial charge on any atom is 0.322 e. The van der Waals surface area contributed by atoms with Gasteiger partial charge in [0.2, 0.25) is 0 Å². The number of anilines is 1. The molecule has 2 aliphatic heterocycles. The van der Waals surface area contributed by atoms with E-state index in [-0.39, 0.29) is 12.1 Å².